The third-order valence-electron chi connectivity index (χ3n) is 0. The van der Waals surface area contributed by atoms with Crippen LogP contribution in [0.1, 0.15) is 6.92 Å². The second kappa shape index (κ2) is 7.98. The van der Waals surface area contributed by atoms with Gasteiger partial charge in [0.05, 0.1) is 0 Å². The molecule has 0 amide bonds. The minimum absolute atomic E-state index is 0. The summed E-state index contributed by atoms with van der Waals surface area (Å²) in [7, 11) is -0.861. The van der Waals surface area contributed by atoms with Crippen molar-refractivity contribution in [2.24, 2.45) is 0 Å². The van der Waals surface area contributed by atoms with E-state index in [2.05, 4.69) is 33.1 Å². The van der Waals surface area contributed by atoms with Gasteiger partial charge in [0.1, 0.15) is 0 Å². The van der Waals surface area contributed by atoms with Crippen LogP contribution in [-0.4, -0.2) is 31.1 Å². The minimum atomic E-state index is -0.861. The van der Waals surface area contributed by atoms with Crippen molar-refractivity contribution >= 4 is 31.1 Å². The Kier molecular flexibility index (Phi) is 16.0. The molecule has 0 heterocycles. The molecule has 2 heteroatoms. The Labute approximate surface area is 71.2 Å². The van der Waals surface area contributed by atoms with Crippen molar-refractivity contribution < 1.29 is 0 Å². The van der Waals surface area contributed by atoms with Gasteiger partial charge in [0.15, 0.2) is 0 Å². The molecule has 0 aliphatic carbocycles. The van der Waals surface area contributed by atoms with E-state index in [4.69, 9.17) is 0 Å². The third kappa shape index (κ3) is 259. The first kappa shape index (κ1) is 16.0. The van der Waals surface area contributed by atoms with Crippen LogP contribution in [0.5, 0.6) is 0 Å². The van der Waals surface area contributed by atoms with Gasteiger partial charge < -0.3 is 13.5 Å². The summed E-state index contributed by atoms with van der Waals surface area (Å²) < 4.78 is 0. The third-order valence-corrected chi connectivity index (χ3v) is 0. The molecule has 0 aliphatic rings. The molecular formula is C6H16MgSi. The summed E-state index contributed by atoms with van der Waals surface area (Å²) in [6, 6.07) is 0. The monoisotopic (exact) mass is 140 g/mol. The Morgan fingerprint density at radius 1 is 1.00 bits per heavy atom. The molecular weight excluding hydrogens is 124 g/mol. The Morgan fingerprint density at radius 2 is 1.00 bits per heavy atom. The molecule has 0 rings (SSSR count). The summed E-state index contributed by atoms with van der Waals surface area (Å²) in [6.07, 6.45) is 0. The Bertz CT molecular complexity index is 24.0. The van der Waals surface area contributed by atoms with Crippen molar-refractivity contribution in [2.75, 3.05) is 0 Å². The molecule has 0 N–H and O–H groups in total. The molecule has 0 aromatic rings. The van der Waals surface area contributed by atoms with Gasteiger partial charge in [-0.15, -0.1) is 8.07 Å². The van der Waals surface area contributed by atoms with E-state index in [1.165, 1.54) is 0 Å². The molecule has 0 spiro atoms. The van der Waals surface area contributed by atoms with Crippen LogP contribution in [0.2, 0.25) is 19.6 Å². The molecule has 0 aromatic carbocycles. The van der Waals surface area contributed by atoms with Crippen LogP contribution in [-0.2, 0) is 0 Å². The van der Waals surface area contributed by atoms with E-state index in [1.807, 2.05) is 0 Å². The first-order chi connectivity index (χ1) is 3.00. The van der Waals surface area contributed by atoms with Crippen LogP contribution in [0.25, 0.3) is 0 Å². The number of hydrogen-bond acceptors (Lipinski definition) is 0. The van der Waals surface area contributed by atoms with Gasteiger partial charge in [0, 0.05) is 0 Å². The van der Waals surface area contributed by atoms with Gasteiger partial charge in [0.25, 0.3) is 0 Å². The maximum atomic E-state index is 3.91. The molecule has 0 unspecified atom stereocenters. The van der Waals surface area contributed by atoms with E-state index in [0.717, 1.165) is 0 Å². The van der Waals surface area contributed by atoms with E-state index in [-0.39, 0.29) is 23.1 Å². The van der Waals surface area contributed by atoms with Crippen molar-refractivity contribution in [2.45, 2.75) is 26.6 Å². The zero-order valence-electron chi connectivity index (χ0n) is 6.62. The van der Waals surface area contributed by atoms with Gasteiger partial charge in [-0.3, -0.25) is 0 Å². The summed E-state index contributed by atoms with van der Waals surface area (Å²) >= 11 is 0. The Hall–Kier alpha value is 0.983. The molecule has 0 nitrogen and oxygen atoms in total. The zero-order valence-corrected chi connectivity index (χ0v) is 9.04. The largest absolute Gasteiger partial charge is 2.00 e. The van der Waals surface area contributed by atoms with E-state index in [1.54, 1.807) is 6.92 Å². The second-order valence-corrected chi connectivity index (χ2v) is 7.68. The predicted octanol–water partition coefficient (Wildman–Crippen LogP) is 2.16. The topological polar surface area (TPSA) is 0 Å². The van der Waals surface area contributed by atoms with Crippen LogP contribution >= 0.6 is 0 Å². The van der Waals surface area contributed by atoms with Crippen molar-refractivity contribution in [3.8, 4) is 0 Å². The molecule has 0 atom stereocenters. The Morgan fingerprint density at radius 3 is 1.00 bits per heavy atom. The van der Waals surface area contributed by atoms with E-state index in [9.17, 15) is 0 Å². The molecule has 0 radical (unpaired) electrons. The molecule has 0 bridgehead atoms. The van der Waals surface area contributed by atoms with E-state index in [0.29, 0.717) is 0 Å². The molecule has 46 valence electrons. The second-order valence-electron chi connectivity index (χ2n) is 2.56. The summed E-state index contributed by atoms with van der Waals surface area (Å²) in [5.74, 6) is 0. The molecule has 0 saturated carbocycles. The smallest absolute Gasteiger partial charge is 0.346 e. The summed E-state index contributed by atoms with van der Waals surface area (Å²) in [4.78, 5) is 0. The first-order valence-electron chi connectivity index (χ1n) is 2.56. The molecule has 0 aromatic heterocycles. The van der Waals surface area contributed by atoms with Gasteiger partial charge in [0.2, 0.25) is 0 Å². The Balaban J connectivity index is -0.0000000750. The predicted molar refractivity (Wildman–Crippen MR) is 45.5 cm³/mol. The van der Waals surface area contributed by atoms with Crippen molar-refractivity contribution in [3.63, 3.8) is 0 Å². The van der Waals surface area contributed by atoms with Crippen LogP contribution in [0.4, 0.5) is 0 Å². The molecule has 0 fully saturated rings. The maximum absolute atomic E-state index is 3.91. The summed E-state index contributed by atoms with van der Waals surface area (Å²) in [6.45, 7) is 15.6. The molecule has 0 aliphatic heterocycles. The average Bonchev–Trinajstić information content (AvgIpc) is 1.36. The maximum Gasteiger partial charge on any atom is 2.00 e. The van der Waals surface area contributed by atoms with Gasteiger partial charge in [-0.25, -0.2) is 0 Å². The summed E-state index contributed by atoms with van der Waals surface area (Å²) in [5, 5.41) is 0. The van der Waals surface area contributed by atoms with Gasteiger partial charge in [-0.05, 0) is 0 Å². The quantitative estimate of drug-likeness (QED) is 0.357. The standard InChI is InChI=1S/C4H11Si.C2H5.Mg/c1-5(2,3)4;1-2;/h1H2,2-4H3;1H2,2H3;/q2*-1;+2. The van der Waals surface area contributed by atoms with E-state index >= 15 is 0 Å². The normalized spacial score (nSPS) is 8.25. The van der Waals surface area contributed by atoms with E-state index < -0.39 is 8.07 Å². The van der Waals surface area contributed by atoms with Crippen LogP contribution in [0.3, 0.4) is 0 Å². The summed E-state index contributed by atoms with van der Waals surface area (Å²) in [5.41, 5.74) is 0. The first-order valence-corrected chi connectivity index (χ1v) is 6.27. The van der Waals surface area contributed by atoms with Crippen molar-refractivity contribution in [3.05, 3.63) is 13.5 Å². The molecule has 0 saturated heterocycles. The zero-order chi connectivity index (χ0) is 6.50. The fraction of sp³-hybridized carbons (Fsp3) is 0.667. The molecule has 8 heavy (non-hydrogen) atoms. The van der Waals surface area contributed by atoms with Crippen LogP contribution in [0.15, 0.2) is 0 Å². The van der Waals surface area contributed by atoms with Crippen LogP contribution in [0, 0.1) is 13.5 Å². The van der Waals surface area contributed by atoms with Crippen LogP contribution < -0.4 is 0 Å². The van der Waals surface area contributed by atoms with Crippen molar-refractivity contribution in [1.82, 2.24) is 0 Å². The minimum Gasteiger partial charge on any atom is -0.346 e. The number of rotatable bonds is 0. The average molecular weight is 141 g/mol. The van der Waals surface area contributed by atoms with Gasteiger partial charge >= 0.3 is 23.1 Å². The SMILES string of the molecule is [CH2-]C.[CH2-][Si](C)(C)C.[Mg+2]. The van der Waals surface area contributed by atoms with Gasteiger partial charge in [-0.1, -0.05) is 19.6 Å². The fourth-order valence-corrected chi connectivity index (χ4v) is 0. The van der Waals surface area contributed by atoms with Crippen molar-refractivity contribution in [1.29, 1.82) is 0 Å². The number of hydrogen-bond donors (Lipinski definition) is 0. The fourth-order valence-electron chi connectivity index (χ4n) is 0. The van der Waals surface area contributed by atoms with Gasteiger partial charge in [-0.2, -0.15) is 6.92 Å².